The van der Waals surface area contributed by atoms with Gasteiger partial charge in [0.05, 0.1) is 5.92 Å². The predicted octanol–water partition coefficient (Wildman–Crippen LogP) is 3.76. The number of hydrogen-bond donors (Lipinski definition) is 0. The van der Waals surface area contributed by atoms with Gasteiger partial charge in [-0.1, -0.05) is 6.07 Å². The zero-order chi connectivity index (χ0) is 14.5. The third kappa shape index (κ3) is 2.23. The first-order valence-corrected chi connectivity index (χ1v) is 7.34. The largest absolute Gasteiger partial charge is 0.460 e. The zero-order valence-electron chi connectivity index (χ0n) is 12.3. The molecule has 2 aliphatic rings. The lowest BCUT2D eigenvalue weighted by Gasteiger charge is -2.27. The summed E-state index contributed by atoms with van der Waals surface area (Å²) in [7, 11) is 0. The van der Waals surface area contributed by atoms with Crippen LogP contribution >= 0.6 is 0 Å². The highest BCUT2D eigenvalue weighted by Gasteiger charge is 2.61. The van der Waals surface area contributed by atoms with Crippen molar-refractivity contribution in [2.24, 2.45) is 5.92 Å². The van der Waals surface area contributed by atoms with Crippen LogP contribution in [-0.2, 0) is 21.4 Å². The van der Waals surface area contributed by atoms with Gasteiger partial charge in [0.2, 0.25) is 0 Å². The Morgan fingerprint density at radius 1 is 1.40 bits per heavy atom. The molecule has 0 bridgehead atoms. The van der Waals surface area contributed by atoms with Crippen molar-refractivity contribution >= 4 is 5.97 Å². The highest BCUT2D eigenvalue weighted by Crippen LogP contribution is 2.61. The Bertz CT molecular complexity index is 559. The molecule has 20 heavy (non-hydrogen) atoms. The third-order valence-electron chi connectivity index (χ3n) is 4.44. The highest BCUT2D eigenvalue weighted by atomic mass is 19.1. The fraction of sp³-hybridized carbons (Fsp3) is 0.588. The van der Waals surface area contributed by atoms with Gasteiger partial charge in [0, 0.05) is 5.41 Å². The van der Waals surface area contributed by atoms with Gasteiger partial charge < -0.3 is 4.74 Å². The molecule has 1 aromatic rings. The van der Waals surface area contributed by atoms with Crippen molar-refractivity contribution in [1.29, 1.82) is 0 Å². The van der Waals surface area contributed by atoms with Gasteiger partial charge in [0.25, 0.3) is 0 Å². The molecule has 2 unspecified atom stereocenters. The fourth-order valence-electron chi connectivity index (χ4n) is 3.52. The molecule has 1 fully saturated rings. The molecule has 3 heteroatoms. The molecule has 0 amide bonds. The summed E-state index contributed by atoms with van der Waals surface area (Å²) in [5, 5.41) is 0. The zero-order valence-corrected chi connectivity index (χ0v) is 12.3. The molecular formula is C17H21FO2. The summed E-state index contributed by atoms with van der Waals surface area (Å²) in [6.45, 7) is 5.65. The normalized spacial score (nSPS) is 28.1. The van der Waals surface area contributed by atoms with E-state index in [2.05, 4.69) is 0 Å². The van der Waals surface area contributed by atoms with E-state index in [1.807, 2.05) is 26.8 Å². The maximum absolute atomic E-state index is 13.5. The molecule has 3 rings (SSSR count). The minimum absolute atomic E-state index is 0.0948. The molecule has 0 aromatic heterocycles. The average molecular weight is 276 g/mol. The van der Waals surface area contributed by atoms with Gasteiger partial charge in [-0.3, -0.25) is 4.79 Å². The lowest BCUT2D eigenvalue weighted by atomic mass is 9.78. The molecule has 1 aromatic carbocycles. The number of fused-ring (bicyclic) bond motifs is 2. The van der Waals surface area contributed by atoms with Crippen LogP contribution in [-0.4, -0.2) is 11.6 Å². The number of benzene rings is 1. The van der Waals surface area contributed by atoms with Gasteiger partial charge in [0.1, 0.15) is 11.4 Å². The van der Waals surface area contributed by atoms with Crippen LogP contribution in [0.2, 0.25) is 0 Å². The van der Waals surface area contributed by atoms with Crippen LogP contribution in [0.25, 0.3) is 0 Å². The molecule has 0 saturated heterocycles. The van der Waals surface area contributed by atoms with E-state index < -0.39 is 5.60 Å². The number of carbonyl (C=O) groups excluding carboxylic acids is 1. The van der Waals surface area contributed by atoms with Crippen molar-refractivity contribution in [2.75, 3.05) is 0 Å². The number of aryl methyl sites for hydroxylation is 1. The van der Waals surface area contributed by atoms with Gasteiger partial charge in [-0.25, -0.2) is 4.39 Å². The minimum atomic E-state index is -0.458. The summed E-state index contributed by atoms with van der Waals surface area (Å²) >= 11 is 0. The van der Waals surface area contributed by atoms with Crippen molar-refractivity contribution in [1.82, 2.24) is 0 Å². The summed E-state index contributed by atoms with van der Waals surface area (Å²) < 4.78 is 19.1. The number of ether oxygens (including phenoxy) is 1. The molecule has 2 nitrogen and oxygen atoms in total. The second kappa shape index (κ2) is 4.31. The Morgan fingerprint density at radius 2 is 2.15 bits per heavy atom. The lowest BCUT2D eigenvalue weighted by molar-refractivity contribution is -0.157. The van der Waals surface area contributed by atoms with Gasteiger partial charge in [0.15, 0.2) is 0 Å². The second-order valence-corrected chi connectivity index (χ2v) is 7.10. The number of rotatable bonds is 1. The van der Waals surface area contributed by atoms with Gasteiger partial charge in [-0.15, -0.1) is 0 Å². The maximum atomic E-state index is 13.5. The van der Waals surface area contributed by atoms with E-state index in [9.17, 15) is 9.18 Å². The summed E-state index contributed by atoms with van der Waals surface area (Å²) in [6.07, 6.45) is 3.82. The SMILES string of the molecule is CC(C)(C)OC(=O)C1CC12CCCc1ccc(F)cc12. The van der Waals surface area contributed by atoms with Crippen LogP contribution in [0.4, 0.5) is 4.39 Å². The minimum Gasteiger partial charge on any atom is -0.460 e. The van der Waals surface area contributed by atoms with Crippen LogP contribution in [0.3, 0.4) is 0 Å². The van der Waals surface area contributed by atoms with E-state index >= 15 is 0 Å². The Hall–Kier alpha value is -1.38. The average Bonchev–Trinajstić information content (AvgIpc) is 3.04. The smallest absolute Gasteiger partial charge is 0.310 e. The van der Waals surface area contributed by atoms with Crippen LogP contribution in [0, 0.1) is 11.7 Å². The van der Waals surface area contributed by atoms with E-state index in [1.54, 1.807) is 6.07 Å². The topological polar surface area (TPSA) is 26.3 Å². The molecule has 0 radical (unpaired) electrons. The summed E-state index contributed by atoms with van der Waals surface area (Å²) in [6, 6.07) is 5.01. The molecule has 108 valence electrons. The van der Waals surface area contributed by atoms with Crippen LogP contribution in [0.15, 0.2) is 18.2 Å². The van der Waals surface area contributed by atoms with Crippen LogP contribution < -0.4 is 0 Å². The van der Waals surface area contributed by atoms with Gasteiger partial charge >= 0.3 is 5.97 Å². The monoisotopic (exact) mass is 276 g/mol. The molecular weight excluding hydrogens is 255 g/mol. The predicted molar refractivity (Wildman–Crippen MR) is 75.0 cm³/mol. The van der Waals surface area contributed by atoms with E-state index in [1.165, 1.54) is 11.6 Å². The summed E-state index contributed by atoms with van der Waals surface area (Å²) in [5.74, 6) is -0.433. The first kappa shape index (κ1) is 13.6. The Kier molecular flexibility index (Phi) is 2.93. The first-order chi connectivity index (χ1) is 9.32. The van der Waals surface area contributed by atoms with Crippen LogP contribution in [0.1, 0.15) is 51.2 Å². The maximum Gasteiger partial charge on any atom is 0.310 e. The number of hydrogen-bond acceptors (Lipinski definition) is 2. The Balaban J connectivity index is 1.87. The molecule has 1 spiro atoms. The van der Waals surface area contributed by atoms with E-state index in [-0.39, 0.29) is 23.1 Å². The van der Waals surface area contributed by atoms with Crippen molar-refractivity contribution < 1.29 is 13.9 Å². The number of carbonyl (C=O) groups is 1. The Labute approximate surface area is 119 Å². The van der Waals surface area contributed by atoms with E-state index in [0.717, 1.165) is 31.2 Å². The first-order valence-electron chi connectivity index (χ1n) is 7.34. The molecule has 2 atom stereocenters. The summed E-state index contributed by atoms with van der Waals surface area (Å²) in [5.41, 5.74) is 1.63. The lowest BCUT2D eigenvalue weighted by Crippen LogP contribution is -2.28. The molecule has 0 N–H and O–H groups in total. The van der Waals surface area contributed by atoms with Gasteiger partial charge in [-0.05, 0) is 69.7 Å². The highest BCUT2D eigenvalue weighted by molar-refractivity contribution is 5.80. The van der Waals surface area contributed by atoms with E-state index in [0.29, 0.717) is 0 Å². The number of esters is 1. The molecule has 0 heterocycles. The van der Waals surface area contributed by atoms with Crippen molar-refractivity contribution in [2.45, 2.75) is 57.5 Å². The Morgan fingerprint density at radius 3 is 2.85 bits per heavy atom. The van der Waals surface area contributed by atoms with Crippen molar-refractivity contribution in [3.63, 3.8) is 0 Å². The number of halogens is 1. The fourth-order valence-corrected chi connectivity index (χ4v) is 3.52. The quantitative estimate of drug-likeness (QED) is 0.730. The second-order valence-electron chi connectivity index (χ2n) is 7.10. The molecule has 1 saturated carbocycles. The standard InChI is InChI=1S/C17H21FO2/c1-16(2,3)20-15(19)14-10-17(14)8-4-5-11-6-7-12(18)9-13(11)17/h6-7,9,14H,4-5,8,10H2,1-3H3. The molecule has 0 aliphatic heterocycles. The van der Waals surface area contributed by atoms with Crippen LogP contribution in [0.5, 0.6) is 0 Å². The molecule has 2 aliphatic carbocycles. The van der Waals surface area contributed by atoms with Crippen molar-refractivity contribution in [3.8, 4) is 0 Å². The summed E-state index contributed by atoms with van der Waals surface area (Å²) in [4.78, 5) is 12.3. The van der Waals surface area contributed by atoms with Crippen molar-refractivity contribution in [3.05, 3.63) is 35.1 Å². The third-order valence-corrected chi connectivity index (χ3v) is 4.44. The van der Waals surface area contributed by atoms with E-state index in [4.69, 9.17) is 4.74 Å². The van der Waals surface area contributed by atoms with Gasteiger partial charge in [-0.2, -0.15) is 0 Å².